The molecular formula is C19H20N4O3. The summed E-state index contributed by atoms with van der Waals surface area (Å²) >= 11 is 0. The Bertz CT molecular complexity index is 994. The zero-order valence-electron chi connectivity index (χ0n) is 14.6. The first kappa shape index (κ1) is 17.6. The average molecular weight is 352 g/mol. The van der Waals surface area contributed by atoms with Gasteiger partial charge in [0, 0.05) is 17.9 Å². The molecule has 1 unspecified atom stereocenters. The van der Waals surface area contributed by atoms with Crippen molar-refractivity contribution in [2.24, 2.45) is 0 Å². The maximum atomic E-state index is 12.3. The molecule has 0 aliphatic heterocycles. The third kappa shape index (κ3) is 3.73. The zero-order chi connectivity index (χ0) is 18.7. The third-order valence-electron chi connectivity index (χ3n) is 4.07. The first-order valence-corrected chi connectivity index (χ1v) is 8.33. The molecule has 0 radical (unpaired) electrons. The number of aryl methyl sites for hydroxylation is 1. The summed E-state index contributed by atoms with van der Waals surface area (Å²) in [5, 5.41) is 15.4. The van der Waals surface area contributed by atoms with E-state index in [1.807, 2.05) is 6.92 Å². The number of nitrogens with zero attached hydrogens (tertiary/aromatic N) is 2. The Morgan fingerprint density at radius 2 is 1.81 bits per heavy atom. The second-order valence-corrected chi connectivity index (χ2v) is 5.94. The number of carbonyl (C=O) groups is 1. The third-order valence-corrected chi connectivity index (χ3v) is 4.07. The van der Waals surface area contributed by atoms with Gasteiger partial charge in [0.1, 0.15) is 0 Å². The maximum absolute atomic E-state index is 12.3. The summed E-state index contributed by atoms with van der Waals surface area (Å²) in [5.74, 6) is 0. The van der Waals surface area contributed by atoms with Gasteiger partial charge >= 0.3 is 6.03 Å². The van der Waals surface area contributed by atoms with E-state index in [1.54, 1.807) is 49.4 Å². The highest BCUT2D eigenvalue weighted by molar-refractivity contribution is 6.00. The van der Waals surface area contributed by atoms with E-state index in [9.17, 15) is 14.7 Å². The minimum Gasteiger partial charge on any atom is -0.389 e. The van der Waals surface area contributed by atoms with Crippen LogP contribution in [-0.2, 0) is 6.54 Å². The topological polar surface area (TPSA) is 96.2 Å². The van der Waals surface area contributed by atoms with Crippen LogP contribution < -0.4 is 16.2 Å². The molecule has 0 saturated heterocycles. The number of aromatic nitrogens is 2. The Hall–Kier alpha value is -3.19. The number of fused-ring (bicyclic) bond motifs is 1. The van der Waals surface area contributed by atoms with Crippen LogP contribution in [0.4, 0.5) is 16.2 Å². The number of carbonyl (C=O) groups excluding carboxylic acids is 1. The van der Waals surface area contributed by atoms with Crippen LogP contribution in [0.5, 0.6) is 0 Å². The summed E-state index contributed by atoms with van der Waals surface area (Å²) in [6.45, 7) is 4.08. The fraction of sp³-hybridized carbons (Fsp3) is 0.211. The minimum atomic E-state index is -0.559. The van der Waals surface area contributed by atoms with Crippen LogP contribution in [0.1, 0.15) is 25.5 Å². The van der Waals surface area contributed by atoms with Crippen molar-refractivity contribution < 1.29 is 9.90 Å². The van der Waals surface area contributed by atoms with Crippen LogP contribution in [0.15, 0.2) is 53.6 Å². The van der Waals surface area contributed by atoms with Gasteiger partial charge < -0.3 is 15.7 Å². The van der Waals surface area contributed by atoms with Crippen molar-refractivity contribution in [2.75, 3.05) is 10.6 Å². The monoisotopic (exact) mass is 352 g/mol. The molecule has 2 aromatic carbocycles. The molecule has 26 heavy (non-hydrogen) atoms. The van der Waals surface area contributed by atoms with Gasteiger partial charge in [-0.15, -0.1) is 0 Å². The predicted molar refractivity (Wildman–Crippen MR) is 101 cm³/mol. The molecule has 0 fully saturated rings. The number of amides is 2. The highest BCUT2D eigenvalue weighted by atomic mass is 16.3. The van der Waals surface area contributed by atoms with Crippen LogP contribution in [0.25, 0.3) is 10.9 Å². The van der Waals surface area contributed by atoms with Crippen molar-refractivity contribution in [1.82, 2.24) is 9.55 Å². The summed E-state index contributed by atoms with van der Waals surface area (Å²) in [4.78, 5) is 28.8. The van der Waals surface area contributed by atoms with Gasteiger partial charge in [-0.05, 0) is 49.7 Å². The van der Waals surface area contributed by atoms with Crippen molar-refractivity contribution in [3.63, 3.8) is 0 Å². The molecule has 3 N–H and O–H groups in total. The summed E-state index contributed by atoms with van der Waals surface area (Å²) in [7, 11) is 0. The van der Waals surface area contributed by atoms with Crippen molar-refractivity contribution in [3.8, 4) is 0 Å². The van der Waals surface area contributed by atoms with E-state index >= 15 is 0 Å². The van der Waals surface area contributed by atoms with Crippen LogP contribution in [0.3, 0.4) is 0 Å². The van der Waals surface area contributed by atoms with Crippen LogP contribution >= 0.6 is 0 Å². The molecule has 3 aromatic rings. The number of benzene rings is 2. The Balaban J connectivity index is 1.76. The normalized spacial score (nSPS) is 12.0. The smallest absolute Gasteiger partial charge is 0.323 e. The molecule has 0 aliphatic carbocycles. The first-order chi connectivity index (χ1) is 12.5. The lowest BCUT2D eigenvalue weighted by atomic mass is 10.1. The second kappa shape index (κ2) is 7.37. The van der Waals surface area contributed by atoms with Crippen molar-refractivity contribution in [3.05, 3.63) is 64.7 Å². The van der Waals surface area contributed by atoms with E-state index < -0.39 is 12.1 Å². The van der Waals surface area contributed by atoms with Gasteiger partial charge in [-0.3, -0.25) is 9.36 Å². The van der Waals surface area contributed by atoms with Gasteiger partial charge in [-0.25, -0.2) is 9.78 Å². The van der Waals surface area contributed by atoms with E-state index in [-0.39, 0.29) is 5.56 Å². The van der Waals surface area contributed by atoms with Gasteiger partial charge in [0.2, 0.25) is 0 Å². The Labute approximate surface area is 150 Å². The van der Waals surface area contributed by atoms with Gasteiger partial charge in [0.25, 0.3) is 5.56 Å². The number of hydrogen-bond donors (Lipinski definition) is 3. The lowest BCUT2D eigenvalue weighted by Gasteiger charge is -2.10. The van der Waals surface area contributed by atoms with E-state index in [1.165, 1.54) is 10.9 Å². The number of aliphatic hydroxyl groups is 1. The minimum absolute atomic E-state index is 0.143. The van der Waals surface area contributed by atoms with Gasteiger partial charge in [0.05, 0.1) is 23.3 Å². The van der Waals surface area contributed by atoms with Gasteiger partial charge in [-0.2, -0.15) is 0 Å². The standard InChI is InChI=1S/C19H20N4O3/c1-3-23-11-20-17-9-8-15(10-16(17)18(23)25)22-19(26)21-14-6-4-13(5-7-14)12(2)24/h4-12,24H,3H2,1-2H3,(H2,21,22,26). The number of hydrogen-bond acceptors (Lipinski definition) is 4. The molecule has 7 heteroatoms. The fourth-order valence-corrected chi connectivity index (χ4v) is 2.60. The zero-order valence-corrected chi connectivity index (χ0v) is 14.6. The molecular weight excluding hydrogens is 332 g/mol. The average Bonchev–Trinajstić information content (AvgIpc) is 2.63. The quantitative estimate of drug-likeness (QED) is 0.672. The summed E-state index contributed by atoms with van der Waals surface area (Å²) in [6, 6.07) is 11.5. The van der Waals surface area contributed by atoms with Crippen LogP contribution in [0, 0.1) is 0 Å². The van der Waals surface area contributed by atoms with Crippen LogP contribution in [0.2, 0.25) is 0 Å². The Morgan fingerprint density at radius 1 is 1.15 bits per heavy atom. The first-order valence-electron chi connectivity index (χ1n) is 8.33. The Kier molecular flexibility index (Phi) is 4.99. The number of aliphatic hydroxyl groups excluding tert-OH is 1. The molecule has 0 spiro atoms. The summed E-state index contributed by atoms with van der Waals surface area (Å²) in [6.07, 6.45) is 0.956. The second-order valence-electron chi connectivity index (χ2n) is 5.94. The van der Waals surface area contributed by atoms with Crippen molar-refractivity contribution >= 4 is 28.3 Å². The SMILES string of the molecule is CCn1cnc2ccc(NC(=O)Nc3ccc(C(C)O)cc3)cc2c1=O. The van der Waals surface area contributed by atoms with Gasteiger partial charge in [-0.1, -0.05) is 12.1 Å². The van der Waals surface area contributed by atoms with Gasteiger partial charge in [0.15, 0.2) is 0 Å². The molecule has 3 rings (SSSR count). The number of anilines is 2. The summed E-state index contributed by atoms with van der Waals surface area (Å²) < 4.78 is 1.51. The highest BCUT2D eigenvalue weighted by Crippen LogP contribution is 2.17. The molecule has 1 aromatic heterocycles. The maximum Gasteiger partial charge on any atom is 0.323 e. The number of nitrogens with one attached hydrogen (secondary N) is 2. The largest absolute Gasteiger partial charge is 0.389 e. The fourth-order valence-electron chi connectivity index (χ4n) is 2.60. The van der Waals surface area contributed by atoms with E-state index in [0.29, 0.717) is 28.8 Å². The number of urea groups is 1. The number of rotatable bonds is 4. The van der Waals surface area contributed by atoms with E-state index in [2.05, 4.69) is 15.6 Å². The van der Waals surface area contributed by atoms with Crippen molar-refractivity contribution in [2.45, 2.75) is 26.5 Å². The highest BCUT2D eigenvalue weighted by Gasteiger charge is 2.08. The Morgan fingerprint density at radius 3 is 2.46 bits per heavy atom. The molecule has 0 aliphatic rings. The summed E-state index contributed by atoms with van der Waals surface area (Å²) in [5.41, 5.74) is 2.31. The molecule has 1 atom stereocenters. The lowest BCUT2D eigenvalue weighted by Crippen LogP contribution is -2.21. The molecule has 7 nitrogen and oxygen atoms in total. The molecule has 134 valence electrons. The predicted octanol–water partition coefficient (Wildman–Crippen LogP) is 3.11. The molecule has 1 heterocycles. The molecule has 0 saturated carbocycles. The van der Waals surface area contributed by atoms with Crippen LogP contribution in [-0.4, -0.2) is 20.7 Å². The lowest BCUT2D eigenvalue weighted by molar-refractivity contribution is 0.199. The van der Waals surface area contributed by atoms with Crippen molar-refractivity contribution in [1.29, 1.82) is 0 Å². The van der Waals surface area contributed by atoms with E-state index in [4.69, 9.17) is 0 Å². The molecule has 2 amide bonds. The van der Waals surface area contributed by atoms with E-state index in [0.717, 1.165) is 5.56 Å². The molecule has 0 bridgehead atoms.